The zero-order valence-electron chi connectivity index (χ0n) is 10.7. The molecule has 0 bridgehead atoms. The van der Waals surface area contributed by atoms with Gasteiger partial charge in [-0.25, -0.2) is 4.98 Å². The fourth-order valence-corrected chi connectivity index (χ4v) is 2.22. The van der Waals surface area contributed by atoms with Gasteiger partial charge in [0.1, 0.15) is 10.8 Å². The molecule has 6 heteroatoms. The summed E-state index contributed by atoms with van der Waals surface area (Å²) >= 11 is 1.52. The minimum absolute atomic E-state index is 0.0759. The third-order valence-corrected chi connectivity index (χ3v) is 3.18. The number of amides is 1. The van der Waals surface area contributed by atoms with Gasteiger partial charge in [-0.1, -0.05) is 11.8 Å². The van der Waals surface area contributed by atoms with Crippen LogP contribution in [0.4, 0.5) is 11.5 Å². The number of nitrogens with zero attached hydrogens (tertiary/aromatic N) is 2. The quantitative estimate of drug-likeness (QED) is 0.897. The second-order valence-corrected chi connectivity index (χ2v) is 4.89. The zero-order valence-corrected chi connectivity index (χ0v) is 11.5. The predicted octanol–water partition coefficient (Wildman–Crippen LogP) is 2.63. The molecule has 0 spiro atoms. The topological polar surface area (TPSA) is 66.9 Å². The van der Waals surface area contributed by atoms with Crippen LogP contribution in [-0.2, 0) is 4.79 Å². The number of aromatic nitrogens is 2. The highest BCUT2D eigenvalue weighted by atomic mass is 32.2. The first-order valence-corrected chi connectivity index (χ1v) is 6.54. The Balaban J connectivity index is 2.08. The first-order valence-electron chi connectivity index (χ1n) is 5.72. The van der Waals surface area contributed by atoms with Crippen LogP contribution in [0.5, 0.6) is 0 Å². The van der Waals surface area contributed by atoms with Gasteiger partial charge in [-0.3, -0.25) is 9.78 Å². The molecule has 0 aliphatic carbocycles. The van der Waals surface area contributed by atoms with Crippen molar-refractivity contribution in [1.82, 2.24) is 9.97 Å². The molecule has 0 fully saturated rings. The fourth-order valence-electron chi connectivity index (χ4n) is 1.45. The van der Waals surface area contributed by atoms with Crippen LogP contribution in [0.2, 0.25) is 0 Å². The van der Waals surface area contributed by atoms with Crippen LogP contribution in [0, 0.1) is 0 Å². The normalized spacial score (nSPS) is 10.0. The molecular formula is C13H14N4OS. The summed E-state index contributed by atoms with van der Waals surface area (Å²) in [5.74, 6) is 0.660. The third kappa shape index (κ3) is 3.96. The smallest absolute Gasteiger partial charge is 0.221 e. The highest BCUT2D eigenvalue weighted by molar-refractivity contribution is 7.99. The summed E-state index contributed by atoms with van der Waals surface area (Å²) in [6.45, 7) is 1.49. The van der Waals surface area contributed by atoms with E-state index in [1.807, 2.05) is 24.3 Å². The van der Waals surface area contributed by atoms with Crippen molar-refractivity contribution >= 4 is 29.2 Å². The fraction of sp³-hybridized carbons (Fsp3) is 0.154. The van der Waals surface area contributed by atoms with Crippen molar-refractivity contribution in [2.24, 2.45) is 0 Å². The van der Waals surface area contributed by atoms with E-state index in [-0.39, 0.29) is 5.91 Å². The Labute approximate surface area is 115 Å². The number of hydrogen-bond donors (Lipinski definition) is 2. The van der Waals surface area contributed by atoms with Gasteiger partial charge >= 0.3 is 0 Å². The van der Waals surface area contributed by atoms with Crippen LogP contribution in [0.15, 0.2) is 46.6 Å². The molecule has 0 aliphatic heterocycles. The molecule has 0 atom stereocenters. The maximum absolute atomic E-state index is 10.9. The molecule has 0 saturated carbocycles. The van der Waals surface area contributed by atoms with E-state index >= 15 is 0 Å². The maximum Gasteiger partial charge on any atom is 0.221 e. The summed E-state index contributed by atoms with van der Waals surface area (Å²) in [7, 11) is 1.81. The number of hydrogen-bond acceptors (Lipinski definition) is 5. The second kappa shape index (κ2) is 6.19. The van der Waals surface area contributed by atoms with Gasteiger partial charge < -0.3 is 10.6 Å². The Morgan fingerprint density at radius 2 is 1.95 bits per heavy atom. The molecule has 98 valence electrons. The summed E-state index contributed by atoms with van der Waals surface area (Å²) in [5, 5.41) is 6.50. The van der Waals surface area contributed by atoms with E-state index in [0.717, 1.165) is 21.4 Å². The minimum atomic E-state index is -0.0759. The molecule has 0 aliphatic rings. The van der Waals surface area contributed by atoms with Crippen LogP contribution in [0.25, 0.3) is 0 Å². The van der Waals surface area contributed by atoms with Gasteiger partial charge in [0.25, 0.3) is 0 Å². The molecule has 0 unspecified atom stereocenters. The van der Waals surface area contributed by atoms with Crippen molar-refractivity contribution in [3.8, 4) is 0 Å². The lowest BCUT2D eigenvalue weighted by Crippen LogP contribution is -2.05. The average molecular weight is 274 g/mol. The largest absolute Gasteiger partial charge is 0.372 e. The lowest BCUT2D eigenvalue weighted by molar-refractivity contribution is -0.114. The number of nitrogens with one attached hydrogen (secondary N) is 2. The van der Waals surface area contributed by atoms with Gasteiger partial charge in [0, 0.05) is 24.6 Å². The standard InChI is InChI=1S/C13H14N4OS/c1-9(18)16-10-3-5-11(6-4-10)19-13-8-15-7-12(14-2)17-13/h3-8H,1-2H3,(H,14,17)(H,16,18). The molecule has 2 aromatic rings. The number of anilines is 2. The summed E-state index contributed by atoms with van der Waals surface area (Å²) in [4.78, 5) is 20.4. The molecule has 19 heavy (non-hydrogen) atoms. The highest BCUT2D eigenvalue weighted by Gasteiger charge is 2.01. The van der Waals surface area contributed by atoms with Gasteiger partial charge in [-0.05, 0) is 24.3 Å². The maximum atomic E-state index is 10.9. The lowest BCUT2D eigenvalue weighted by atomic mass is 10.3. The van der Waals surface area contributed by atoms with Crippen molar-refractivity contribution in [1.29, 1.82) is 0 Å². The van der Waals surface area contributed by atoms with E-state index in [0.29, 0.717) is 0 Å². The van der Waals surface area contributed by atoms with E-state index < -0.39 is 0 Å². The Morgan fingerprint density at radius 1 is 1.21 bits per heavy atom. The molecule has 5 nitrogen and oxygen atoms in total. The molecule has 1 aromatic heterocycles. The first kappa shape index (κ1) is 13.4. The molecule has 1 aromatic carbocycles. The molecule has 0 radical (unpaired) electrons. The van der Waals surface area contributed by atoms with Gasteiger partial charge in [0.05, 0.1) is 12.4 Å². The summed E-state index contributed by atoms with van der Waals surface area (Å²) in [6, 6.07) is 7.59. The number of rotatable bonds is 4. The number of benzene rings is 1. The van der Waals surface area contributed by atoms with Crippen LogP contribution in [0.3, 0.4) is 0 Å². The minimum Gasteiger partial charge on any atom is -0.372 e. The van der Waals surface area contributed by atoms with Crippen LogP contribution in [-0.4, -0.2) is 22.9 Å². The molecular weight excluding hydrogens is 260 g/mol. The monoisotopic (exact) mass is 274 g/mol. The van der Waals surface area contributed by atoms with Gasteiger partial charge in [-0.15, -0.1) is 0 Å². The summed E-state index contributed by atoms with van der Waals surface area (Å²) in [6.07, 6.45) is 3.39. The van der Waals surface area contributed by atoms with Crippen molar-refractivity contribution < 1.29 is 4.79 Å². The van der Waals surface area contributed by atoms with Crippen LogP contribution < -0.4 is 10.6 Å². The molecule has 1 amide bonds. The SMILES string of the molecule is CNc1cncc(Sc2ccc(NC(C)=O)cc2)n1. The zero-order chi connectivity index (χ0) is 13.7. The van der Waals surface area contributed by atoms with Crippen molar-refractivity contribution in [2.75, 3.05) is 17.7 Å². The van der Waals surface area contributed by atoms with Crippen molar-refractivity contribution in [2.45, 2.75) is 16.8 Å². The Bertz CT molecular complexity index is 571. The van der Waals surface area contributed by atoms with E-state index in [1.54, 1.807) is 19.4 Å². The van der Waals surface area contributed by atoms with Gasteiger partial charge in [-0.2, -0.15) is 0 Å². The van der Waals surface area contributed by atoms with E-state index in [9.17, 15) is 4.79 Å². The molecule has 1 heterocycles. The summed E-state index contributed by atoms with van der Waals surface area (Å²) in [5.41, 5.74) is 0.784. The molecule has 2 rings (SSSR count). The van der Waals surface area contributed by atoms with Crippen LogP contribution in [0.1, 0.15) is 6.92 Å². The average Bonchev–Trinajstić information content (AvgIpc) is 2.41. The van der Waals surface area contributed by atoms with Crippen molar-refractivity contribution in [3.05, 3.63) is 36.7 Å². The third-order valence-electron chi connectivity index (χ3n) is 2.27. The van der Waals surface area contributed by atoms with E-state index in [4.69, 9.17) is 0 Å². The molecule has 2 N–H and O–H groups in total. The summed E-state index contributed by atoms with van der Waals surface area (Å²) < 4.78 is 0. The Morgan fingerprint density at radius 3 is 2.58 bits per heavy atom. The van der Waals surface area contributed by atoms with Gasteiger partial charge in [0.15, 0.2) is 0 Å². The highest BCUT2D eigenvalue weighted by Crippen LogP contribution is 2.27. The molecule has 0 saturated heterocycles. The van der Waals surface area contributed by atoms with Gasteiger partial charge in [0.2, 0.25) is 5.91 Å². The van der Waals surface area contributed by atoms with E-state index in [2.05, 4.69) is 20.6 Å². The van der Waals surface area contributed by atoms with E-state index in [1.165, 1.54) is 18.7 Å². The second-order valence-electron chi connectivity index (χ2n) is 3.80. The van der Waals surface area contributed by atoms with Crippen LogP contribution >= 0.6 is 11.8 Å². The Kier molecular flexibility index (Phi) is 4.35. The number of carbonyl (C=O) groups excluding carboxylic acids is 1. The number of carbonyl (C=O) groups is 1. The first-order chi connectivity index (χ1) is 9.17. The van der Waals surface area contributed by atoms with Crippen molar-refractivity contribution in [3.63, 3.8) is 0 Å². The lowest BCUT2D eigenvalue weighted by Gasteiger charge is -2.05. The Hall–Kier alpha value is -2.08. The predicted molar refractivity (Wildman–Crippen MR) is 76.4 cm³/mol.